The van der Waals surface area contributed by atoms with E-state index in [4.69, 9.17) is 0 Å². The van der Waals surface area contributed by atoms with Gasteiger partial charge in [0.05, 0.1) is 0 Å². The Morgan fingerprint density at radius 3 is 3.00 bits per heavy atom. The number of piperidine rings is 1. The standard InChI is InChI=1S/C9H19NS/c1-2-7-11-8-9-5-3-4-6-10-9/h9-10H,2-8H2,1H3. The molecule has 1 aliphatic rings. The fourth-order valence-corrected chi connectivity index (χ4v) is 2.46. The van der Waals surface area contributed by atoms with Crippen molar-refractivity contribution in [1.29, 1.82) is 0 Å². The van der Waals surface area contributed by atoms with Crippen LogP contribution in [-0.4, -0.2) is 24.1 Å². The molecule has 11 heavy (non-hydrogen) atoms. The lowest BCUT2D eigenvalue weighted by molar-refractivity contribution is 0.430. The van der Waals surface area contributed by atoms with Crippen LogP contribution in [0.2, 0.25) is 0 Å². The minimum atomic E-state index is 0.820. The van der Waals surface area contributed by atoms with Crippen molar-refractivity contribution in [3.05, 3.63) is 0 Å². The zero-order valence-electron chi connectivity index (χ0n) is 7.44. The zero-order chi connectivity index (χ0) is 7.94. The van der Waals surface area contributed by atoms with Gasteiger partial charge in [-0.15, -0.1) is 0 Å². The first-order valence-corrected chi connectivity index (χ1v) is 5.90. The van der Waals surface area contributed by atoms with Gasteiger partial charge in [0.25, 0.3) is 0 Å². The van der Waals surface area contributed by atoms with Gasteiger partial charge in [-0.2, -0.15) is 11.8 Å². The van der Waals surface area contributed by atoms with Gasteiger partial charge in [-0.05, 0) is 31.6 Å². The number of hydrogen-bond donors (Lipinski definition) is 1. The van der Waals surface area contributed by atoms with Crippen molar-refractivity contribution in [2.45, 2.75) is 38.6 Å². The van der Waals surface area contributed by atoms with Crippen LogP contribution in [0.4, 0.5) is 0 Å². The molecule has 1 atom stereocenters. The molecular formula is C9H19NS. The van der Waals surface area contributed by atoms with Crippen LogP contribution >= 0.6 is 11.8 Å². The molecule has 1 saturated heterocycles. The SMILES string of the molecule is CCCSCC1CCCCN1. The van der Waals surface area contributed by atoms with Crippen molar-refractivity contribution in [2.75, 3.05) is 18.1 Å². The van der Waals surface area contributed by atoms with E-state index in [1.807, 2.05) is 0 Å². The van der Waals surface area contributed by atoms with E-state index in [9.17, 15) is 0 Å². The molecule has 0 aromatic carbocycles. The molecule has 2 heteroatoms. The van der Waals surface area contributed by atoms with E-state index < -0.39 is 0 Å². The highest BCUT2D eigenvalue weighted by atomic mass is 32.2. The molecule has 1 unspecified atom stereocenters. The molecule has 1 heterocycles. The van der Waals surface area contributed by atoms with E-state index >= 15 is 0 Å². The summed E-state index contributed by atoms with van der Waals surface area (Å²) in [7, 11) is 0. The Morgan fingerprint density at radius 1 is 1.45 bits per heavy atom. The van der Waals surface area contributed by atoms with Gasteiger partial charge >= 0.3 is 0 Å². The van der Waals surface area contributed by atoms with E-state index in [1.54, 1.807) is 0 Å². The van der Waals surface area contributed by atoms with Gasteiger partial charge in [0, 0.05) is 11.8 Å². The van der Waals surface area contributed by atoms with Crippen LogP contribution in [-0.2, 0) is 0 Å². The fraction of sp³-hybridized carbons (Fsp3) is 1.00. The number of thioether (sulfide) groups is 1. The predicted octanol–water partition coefficient (Wildman–Crippen LogP) is 2.27. The zero-order valence-corrected chi connectivity index (χ0v) is 8.25. The maximum absolute atomic E-state index is 3.56. The summed E-state index contributed by atoms with van der Waals surface area (Å²) in [5.74, 6) is 2.66. The third kappa shape index (κ3) is 4.02. The van der Waals surface area contributed by atoms with E-state index in [0.717, 1.165) is 6.04 Å². The topological polar surface area (TPSA) is 12.0 Å². The van der Waals surface area contributed by atoms with Gasteiger partial charge in [-0.3, -0.25) is 0 Å². The molecule has 0 bridgehead atoms. The number of rotatable bonds is 4. The lowest BCUT2D eigenvalue weighted by Gasteiger charge is -2.22. The first-order chi connectivity index (χ1) is 5.43. The van der Waals surface area contributed by atoms with Crippen LogP contribution in [0, 0.1) is 0 Å². The summed E-state index contributed by atoms with van der Waals surface area (Å²) in [5.41, 5.74) is 0. The third-order valence-electron chi connectivity index (χ3n) is 2.08. The van der Waals surface area contributed by atoms with Crippen LogP contribution in [0.15, 0.2) is 0 Å². The van der Waals surface area contributed by atoms with Crippen molar-refractivity contribution in [1.82, 2.24) is 5.32 Å². The quantitative estimate of drug-likeness (QED) is 0.655. The van der Waals surface area contributed by atoms with Crippen molar-refractivity contribution in [2.24, 2.45) is 0 Å². The Kier molecular flexibility index (Phi) is 5.04. The largest absolute Gasteiger partial charge is 0.313 e. The summed E-state index contributed by atoms with van der Waals surface area (Å²) < 4.78 is 0. The first-order valence-electron chi connectivity index (χ1n) is 4.74. The highest BCUT2D eigenvalue weighted by Crippen LogP contribution is 2.12. The van der Waals surface area contributed by atoms with Crippen LogP contribution in [0.3, 0.4) is 0 Å². The monoisotopic (exact) mass is 173 g/mol. The first kappa shape index (κ1) is 9.40. The van der Waals surface area contributed by atoms with E-state index in [1.165, 1.54) is 43.7 Å². The molecule has 1 aliphatic heterocycles. The Balaban J connectivity index is 1.96. The van der Waals surface area contributed by atoms with E-state index in [0.29, 0.717) is 0 Å². The molecule has 0 radical (unpaired) electrons. The second kappa shape index (κ2) is 5.90. The van der Waals surface area contributed by atoms with Gasteiger partial charge in [0.1, 0.15) is 0 Å². The summed E-state index contributed by atoms with van der Waals surface area (Å²) in [4.78, 5) is 0. The molecule has 0 amide bonds. The Morgan fingerprint density at radius 2 is 2.36 bits per heavy atom. The van der Waals surface area contributed by atoms with Crippen molar-refractivity contribution >= 4 is 11.8 Å². The highest BCUT2D eigenvalue weighted by molar-refractivity contribution is 7.99. The molecule has 0 spiro atoms. The smallest absolute Gasteiger partial charge is 0.0158 e. The normalized spacial score (nSPS) is 25.4. The van der Waals surface area contributed by atoms with Crippen LogP contribution in [0.1, 0.15) is 32.6 Å². The van der Waals surface area contributed by atoms with Gasteiger partial charge in [-0.1, -0.05) is 13.3 Å². The van der Waals surface area contributed by atoms with Gasteiger partial charge in [0.15, 0.2) is 0 Å². The molecule has 0 aromatic heterocycles. The van der Waals surface area contributed by atoms with Gasteiger partial charge < -0.3 is 5.32 Å². The Hall–Kier alpha value is 0.310. The maximum Gasteiger partial charge on any atom is 0.0158 e. The molecule has 0 aliphatic carbocycles. The van der Waals surface area contributed by atoms with Crippen molar-refractivity contribution in [3.63, 3.8) is 0 Å². The number of nitrogens with one attached hydrogen (secondary N) is 1. The summed E-state index contributed by atoms with van der Waals surface area (Å²) in [6, 6.07) is 0.820. The third-order valence-corrected chi connectivity index (χ3v) is 3.41. The van der Waals surface area contributed by atoms with E-state index in [-0.39, 0.29) is 0 Å². The Labute approximate surface area is 74.3 Å². The average molecular weight is 173 g/mol. The predicted molar refractivity (Wildman–Crippen MR) is 53.3 cm³/mol. The fourth-order valence-electron chi connectivity index (χ4n) is 1.44. The van der Waals surface area contributed by atoms with Crippen molar-refractivity contribution < 1.29 is 0 Å². The minimum Gasteiger partial charge on any atom is -0.313 e. The summed E-state index contributed by atoms with van der Waals surface area (Å²) in [6.07, 6.45) is 5.54. The second-order valence-corrected chi connectivity index (χ2v) is 4.37. The van der Waals surface area contributed by atoms with Crippen LogP contribution < -0.4 is 5.32 Å². The molecule has 0 saturated carbocycles. The molecule has 66 valence electrons. The highest BCUT2D eigenvalue weighted by Gasteiger charge is 2.11. The van der Waals surface area contributed by atoms with E-state index in [2.05, 4.69) is 24.0 Å². The lowest BCUT2D eigenvalue weighted by Crippen LogP contribution is -2.35. The summed E-state index contributed by atoms with van der Waals surface area (Å²) in [6.45, 7) is 3.50. The Bertz CT molecular complexity index is 89.6. The molecule has 1 nitrogen and oxygen atoms in total. The second-order valence-electron chi connectivity index (χ2n) is 3.22. The molecule has 1 N–H and O–H groups in total. The average Bonchev–Trinajstić information content (AvgIpc) is 2.07. The van der Waals surface area contributed by atoms with Crippen LogP contribution in [0.25, 0.3) is 0 Å². The van der Waals surface area contributed by atoms with Gasteiger partial charge in [0.2, 0.25) is 0 Å². The lowest BCUT2D eigenvalue weighted by atomic mass is 10.1. The van der Waals surface area contributed by atoms with Crippen LogP contribution in [0.5, 0.6) is 0 Å². The molecule has 1 fully saturated rings. The molecular weight excluding hydrogens is 154 g/mol. The summed E-state index contributed by atoms with van der Waals surface area (Å²) >= 11 is 2.10. The minimum absolute atomic E-state index is 0.820. The molecule has 1 rings (SSSR count). The summed E-state index contributed by atoms with van der Waals surface area (Å²) in [5, 5.41) is 3.56. The van der Waals surface area contributed by atoms with Crippen molar-refractivity contribution in [3.8, 4) is 0 Å². The number of hydrogen-bond acceptors (Lipinski definition) is 2. The maximum atomic E-state index is 3.56. The molecule has 0 aromatic rings. The van der Waals surface area contributed by atoms with Gasteiger partial charge in [-0.25, -0.2) is 0 Å².